The van der Waals surface area contributed by atoms with E-state index in [-0.39, 0.29) is 11.1 Å². The van der Waals surface area contributed by atoms with Crippen LogP contribution in [0.5, 0.6) is 5.75 Å². The number of anilines is 1. The van der Waals surface area contributed by atoms with Crippen LogP contribution in [0.25, 0.3) is 6.08 Å². The molecule has 1 aliphatic heterocycles. The average molecular weight is 439 g/mol. The van der Waals surface area contributed by atoms with Crippen LogP contribution in [-0.4, -0.2) is 17.8 Å². The van der Waals surface area contributed by atoms with E-state index in [4.69, 9.17) is 16.3 Å². The first kappa shape index (κ1) is 18.0. The molecule has 3 rings (SSSR count). The van der Waals surface area contributed by atoms with Crippen LogP contribution in [0.1, 0.15) is 12.5 Å². The largest absolute Gasteiger partial charge is 0.493 e. The van der Waals surface area contributed by atoms with Gasteiger partial charge in [-0.05, 0) is 61.2 Å². The van der Waals surface area contributed by atoms with Crippen LogP contribution in [-0.2, 0) is 4.79 Å². The summed E-state index contributed by atoms with van der Waals surface area (Å²) in [4.78, 5) is 26.5. The minimum Gasteiger partial charge on any atom is -0.493 e. The fourth-order valence-electron chi connectivity index (χ4n) is 2.37. The number of hydrogen-bond acceptors (Lipinski definition) is 4. The SMILES string of the molecule is CCOc1ccc(Br)cc1/C=C1\SC(=O)N(c2cccc(Cl)c2)C1=O. The number of carbonyl (C=O) groups excluding carboxylic acids is 2. The van der Waals surface area contributed by atoms with Crippen LogP contribution in [0.15, 0.2) is 51.8 Å². The molecule has 2 amide bonds. The number of rotatable bonds is 4. The van der Waals surface area contributed by atoms with E-state index in [1.807, 2.05) is 25.1 Å². The Labute approximate surface area is 162 Å². The van der Waals surface area contributed by atoms with Crippen molar-refractivity contribution in [2.75, 3.05) is 11.5 Å². The second kappa shape index (κ2) is 7.64. The van der Waals surface area contributed by atoms with Crippen molar-refractivity contribution in [3.63, 3.8) is 0 Å². The average Bonchev–Trinajstić information content (AvgIpc) is 2.84. The van der Waals surface area contributed by atoms with Crippen molar-refractivity contribution >= 4 is 62.2 Å². The van der Waals surface area contributed by atoms with Crippen LogP contribution in [0.2, 0.25) is 5.02 Å². The van der Waals surface area contributed by atoms with Crippen molar-refractivity contribution in [2.45, 2.75) is 6.92 Å². The van der Waals surface area contributed by atoms with Crippen molar-refractivity contribution in [2.24, 2.45) is 0 Å². The fraction of sp³-hybridized carbons (Fsp3) is 0.111. The summed E-state index contributed by atoms with van der Waals surface area (Å²) in [6.07, 6.45) is 1.67. The van der Waals surface area contributed by atoms with E-state index < -0.39 is 0 Å². The molecule has 0 radical (unpaired) electrons. The smallest absolute Gasteiger partial charge is 0.298 e. The Morgan fingerprint density at radius 1 is 1.24 bits per heavy atom. The first-order chi connectivity index (χ1) is 12.0. The van der Waals surface area contributed by atoms with Gasteiger partial charge in [0, 0.05) is 15.1 Å². The van der Waals surface area contributed by atoms with E-state index in [1.165, 1.54) is 0 Å². The summed E-state index contributed by atoms with van der Waals surface area (Å²) in [7, 11) is 0. The molecule has 25 heavy (non-hydrogen) atoms. The van der Waals surface area contributed by atoms with Crippen LogP contribution in [0.3, 0.4) is 0 Å². The topological polar surface area (TPSA) is 46.6 Å². The third kappa shape index (κ3) is 3.92. The minimum absolute atomic E-state index is 0.337. The summed E-state index contributed by atoms with van der Waals surface area (Å²) in [5, 5.41) is 0.109. The lowest BCUT2D eigenvalue weighted by molar-refractivity contribution is -0.113. The molecule has 0 spiro atoms. The van der Waals surface area contributed by atoms with Crippen molar-refractivity contribution in [1.82, 2.24) is 0 Å². The first-order valence-electron chi connectivity index (χ1n) is 7.45. The van der Waals surface area contributed by atoms with Crippen LogP contribution >= 0.6 is 39.3 Å². The summed E-state index contributed by atoms with van der Waals surface area (Å²) >= 11 is 10.3. The summed E-state index contributed by atoms with van der Waals surface area (Å²) in [6, 6.07) is 12.2. The quantitative estimate of drug-likeness (QED) is 0.571. The molecule has 1 heterocycles. The number of thioether (sulfide) groups is 1. The summed E-state index contributed by atoms with van der Waals surface area (Å²) in [5.74, 6) is 0.278. The molecule has 1 aliphatic rings. The second-order valence-electron chi connectivity index (χ2n) is 5.11. The number of benzene rings is 2. The summed E-state index contributed by atoms with van der Waals surface area (Å²) in [5.41, 5.74) is 1.19. The Morgan fingerprint density at radius 2 is 2.04 bits per heavy atom. The standard InChI is InChI=1S/C18H13BrClNO3S/c1-2-24-15-7-6-12(19)8-11(15)9-16-17(22)21(18(23)25-16)14-5-3-4-13(20)10-14/h3-10H,2H2,1H3/b16-9-. The molecule has 4 nitrogen and oxygen atoms in total. The molecular weight excluding hydrogens is 426 g/mol. The van der Waals surface area contributed by atoms with Gasteiger partial charge in [-0.15, -0.1) is 0 Å². The number of carbonyl (C=O) groups is 2. The highest BCUT2D eigenvalue weighted by Crippen LogP contribution is 2.37. The third-order valence-corrected chi connectivity index (χ3v) is 5.02. The Balaban J connectivity index is 1.97. The van der Waals surface area contributed by atoms with Crippen molar-refractivity contribution in [1.29, 1.82) is 0 Å². The lowest BCUT2D eigenvalue weighted by Crippen LogP contribution is -2.27. The third-order valence-electron chi connectivity index (χ3n) is 3.42. The molecule has 2 aromatic rings. The van der Waals surface area contributed by atoms with E-state index >= 15 is 0 Å². The number of halogens is 2. The minimum atomic E-state index is -0.375. The molecule has 0 aliphatic carbocycles. The van der Waals surface area contributed by atoms with Crippen LogP contribution in [0, 0.1) is 0 Å². The zero-order valence-electron chi connectivity index (χ0n) is 13.2. The van der Waals surface area contributed by atoms with E-state index in [2.05, 4.69) is 15.9 Å². The zero-order chi connectivity index (χ0) is 18.0. The maximum atomic E-state index is 12.7. The molecular formula is C18H13BrClNO3S. The van der Waals surface area contributed by atoms with Gasteiger partial charge in [0.1, 0.15) is 5.75 Å². The molecule has 0 N–H and O–H groups in total. The number of nitrogens with zero attached hydrogens (tertiary/aromatic N) is 1. The maximum absolute atomic E-state index is 12.7. The molecule has 2 aromatic carbocycles. The van der Waals surface area contributed by atoms with Gasteiger partial charge in [-0.25, -0.2) is 4.90 Å². The Hall–Kier alpha value is -1.76. The van der Waals surface area contributed by atoms with Crippen LogP contribution in [0.4, 0.5) is 10.5 Å². The van der Waals surface area contributed by atoms with E-state index in [9.17, 15) is 9.59 Å². The number of ether oxygens (including phenoxy) is 1. The molecule has 1 saturated heterocycles. The molecule has 0 unspecified atom stereocenters. The van der Waals surface area contributed by atoms with Gasteiger partial charge in [0.15, 0.2) is 0 Å². The zero-order valence-corrected chi connectivity index (χ0v) is 16.3. The molecule has 0 aromatic heterocycles. The first-order valence-corrected chi connectivity index (χ1v) is 9.44. The van der Waals surface area contributed by atoms with E-state index in [0.29, 0.717) is 28.0 Å². The Bertz CT molecular complexity index is 884. The van der Waals surface area contributed by atoms with Crippen molar-refractivity contribution < 1.29 is 14.3 Å². The highest BCUT2D eigenvalue weighted by molar-refractivity contribution is 9.10. The molecule has 7 heteroatoms. The lowest BCUT2D eigenvalue weighted by Gasteiger charge is -2.12. The number of hydrogen-bond donors (Lipinski definition) is 0. The summed E-state index contributed by atoms with van der Waals surface area (Å²) in [6.45, 7) is 2.39. The van der Waals surface area contributed by atoms with Gasteiger partial charge in [-0.2, -0.15) is 0 Å². The van der Waals surface area contributed by atoms with Gasteiger partial charge in [-0.3, -0.25) is 9.59 Å². The van der Waals surface area contributed by atoms with Gasteiger partial charge in [0.2, 0.25) is 0 Å². The molecule has 0 atom stereocenters. The normalized spacial score (nSPS) is 16.0. The highest BCUT2D eigenvalue weighted by atomic mass is 79.9. The van der Waals surface area contributed by atoms with Gasteiger partial charge in [-0.1, -0.05) is 33.6 Å². The molecule has 0 bridgehead atoms. The van der Waals surface area contributed by atoms with Gasteiger partial charge >= 0.3 is 0 Å². The van der Waals surface area contributed by atoms with E-state index in [0.717, 1.165) is 26.7 Å². The lowest BCUT2D eigenvalue weighted by atomic mass is 10.2. The molecule has 1 fully saturated rings. The maximum Gasteiger partial charge on any atom is 0.298 e. The molecule has 128 valence electrons. The van der Waals surface area contributed by atoms with Crippen molar-refractivity contribution in [3.8, 4) is 5.75 Å². The Kier molecular flexibility index (Phi) is 5.51. The van der Waals surface area contributed by atoms with Crippen LogP contribution < -0.4 is 9.64 Å². The van der Waals surface area contributed by atoms with Gasteiger partial charge in [0.05, 0.1) is 17.2 Å². The monoisotopic (exact) mass is 437 g/mol. The van der Waals surface area contributed by atoms with Gasteiger partial charge < -0.3 is 4.74 Å². The van der Waals surface area contributed by atoms with Crippen molar-refractivity contribution in [3.05, 3.63) is 62.4 Å². The van der Waals surface area contributed by atoms with E-state index in [1.54, 1.807) is 30.3 Å². The summed E-state index contributed by atoms with van der Waals surface area (Å²) < 4.78 is 6.45. The fourth-order valence-corrected chi connectivity index (χ4v) is 3.76. The predicted octanol–water partition coefficient (Wildman–Crippen LogP) is 5.74. The van der Waals surface area contributed by atoms with Gasteiger partial charge in [0.25, 0.3) is 11.1 Å². The number of amides is 2. The predicted molar refractivity (Wildman–Crippen MR) is 105 cm³/mol. The number of imide groups is 1. The highest BCUT2D eigenvalue weighted by Gasteiger charge is 2.36. The Morgan fingerprint density at radius 3 is 2.76 bits per heavy atom. The second-order valence-corrected chi connectivity index (χ2v) is 7.46. The molecule has 0 saturated carbocycles.